The molecular formula is C12H8F3NOS2. The average molecular weight is 303 g/mol. The SMILES string of the molecule is CSc1ccc(C(=O)c2cnc(C(F)(F)F)s2)cc1. The topological polar surface area (TPSA) is 30.0 Å². The number of thioether (sulfide) groups is 1. The Morgan fingerprint density at radius 1 is 1.26 bits per heavy atom. The Morgan fingerprint density at radius 2 is 1.89 bits per heavy atom. The first-order valence-corrected chi connectivity index (χ1v) is 7.17. The molecule has 7 heteroatoms. The maximum atomic E-state index is 12.4. The summed E-state index contributed by atoms with van der Waals surface area (Å²) in [4.78, 5) is 16.2. The van der Waals surface area contributed by atoms with Crippen LogP contribution in [0.4, 0.5) is 13.2 Å². The number of carbonyl (C=O) groups excluding carboxylic acids is 1. The van der Waals surface area contributed by atoms with Crippen LogP contribution in [0.5, 0.6) is 0 Å². The predicted molar refractivity (Wildman–Crippen MR) is 68.8 cm³/mol. The third kappa shape index (κ3) is 3.16. The number of hydrogen-bond acceptors (Lipinski definition) is 4. The average Bonchev–Trinajstić information content (AvgIpc) is 2.87. The van der Waals surface area contributed by atoms with Gasteiger partial charge in [0, 0.05) is 16.7 Å². The third-order valence-corrected chi connectivity index (χ3v) is 4.11. The standard InChI is InChI=1S/C12H8F3NOS2/c1-18-8-4-2-7(3-5-8)10(17)9-6-16-11(19-9)12(13,14)15/h2-6H,1H3. The van der Waals surface area contributed by atoms with Gasteiger partial charge in [0.25, 0.3) is 0 Å². The Labute approximate surface area is 115 Å². The molecule has 19 heavy (non-hydrogen) atoms. The van der Waals surface area contributed by atoms with E-state index in [0.717, 1.165) is 11.1 Å². The predicted octanol–water partition coefficient (Wildman–Crippen LogP) is 4.11. The summed E-state index contributed by atoms with van der Waals surface area (Å²) >= 11 is 1.88. The number of carbonyl (C=O) groups is 1. The maximum absolute atomic E-state index is 12.4. The van der Waals surface area contributed by atoms with Crippen LogP contribution in [0.2, 0.25) is 0 Å². The molecule has 0 unspecified atom stereocenters. The van der Waals surface area contributed by atoms with Gasteiger partial charge in [0.2, 0.25) is 5.78 Å². The molecule has 0 amide bonds. The highest BCUT2D eigenvalue weighted by Crippen LogP contribution is 2.33. The highest BCUT2D eigenvalue weighted by Gasteiger charge is 2.35. The lowest BCUT2D eigenvalue weighted by atomic mass is 10.1. The van der Waals surface area contributed by atoms with Crippen molar-refractivity contribution in [3.8, 4) is 0 Å². The number of alkyl halides is 3. The minimum Gasteiger partial charge on any atom is -0.288 e. The van der Waals surface area contributed by atoms with Crippen LogP contribution in [0.3, 0.4) is 0 Å². The van der Waals surface area contributed by atoms with Crippen LogP contribution >= 0.6 is 23.1 Å². The van der Waals surface area contributed by atoms with Crippen molar-refractivity contribution in [3.63, 3.8) is 0 Å². The summed E-state index contributed by atoms with van der Waals surface area (Å²) in [6, 6.07) is 6.70. The maximum Gasteiger partial charge on any atom is 0.443 e. The van der Waals surface area contributed by atoms with Crippen LogP contribution in [0, 0.1) is 0 Å². The first kappa shape index (κ1) is 14.1. The molecule has 1 aromatic heterocycles. The number of benzene rings is 1. The molecule has 0 atom stereocenters. The van der Waals surface area contributed by atoms with Gasteiger partial charge in [-0.05, 0) is 30.5 Å². The van der Waals surface area contributed by atoms with E-state index in [0.29, 0.717) is 16.9 Å². The lowest BCUT2D eigenvalue weighted by Crippen LogP contribution is -2.03. The molecule has 0 fully saturated rings. The highest BCUT2D eigenvalue weighted by atomic mass is 32.2. The van der Waals surface area contributed by atoms with E-state index < -0.39 is 17.0 Å². The van der Waals surface area contributed by atoms with Crippen molar-refractivity contribution in [2.75, 3.05) is 6.26 Å². The summed E-state index contributed by atoms with van der Waals surface area (Å²) < 4.78 is 37.2. The van der Waals surface area contributed by atoms with Crippen LogP contribution in [0.15, 0.2) is 35.4 Å². The van der Waals surface area contributed by atoms with Gasteiger partial charge in [-0.2, -0.15) is 13.2 Å². The largest absolute Gasteiger partial charge is 0.443 e. The molecular weight excluding hydrogens is 295 g/mol. The molecule has 0 aliphatic rings. The third-order valence-electron chi connectivity index (χ3n) is 2.32. The number of ketones is 1. The molecule has 2 rings (SSSR count). The van der Waals surface area contributed by atoms with E-state index in [1.807, 2.05) is 6.26 Å². The normalized spacial score (nSPS) is 11.6. The van der Waals surface area contributed by atoms with E-state index in [1.54, 1.807) is 24.3 Å². The first-order valence-electron chi connectivity index (χ1n) is 5.13. The van der Waals surface area contributed by atoms with Crippen molar-refractivity contribution in [2.45, 2.75) is 11.1 Å². The molecule has 0 N–H and O–H groups in total. The van der Waals surface area contributed by atoms with Gasteiger partial charge in [0.05, 0.1) is 4.88 Å². The van der Waals surface area contributed by atoms with E-state index in [2.05, 4.69) is 4.98 Å². The summed E-state index contributed by atoms with van der Waals surface area (Å²) in [5.41, 5.74) is 0.357. The van der Waals surface area contributed by atoms with Crippen molar-refractivity contribution in [1.82, 2.24) is 4.98 Å². The second-order valence-corrected chi connectivity index (χ2v) is 5.50. The van der Waals surface area contributed by atoms with Gasteiger partial charge < -0.3 is 0 Å². The zero-order chi connectivity index (χ0) is 14.0. The molecule has 1 heterocycles. The van der Waals surface area contributed by atoms with Gasteiger partial charge in [-0.25, -0.2) is 4.98 Å². The summed E-state index contributed by atoms with van der Waals surface area (Å²) in [5.74, 6) is -0.444. The molecule has 2 aromatic rings. The summed E-state index contributed by atoms with van der Waals surface area (Å²) in [6.07, 6.45) is -1.64. The van der Waals surface area contributed by atoms with Crippen LogP contribution < -0.4 is 0 Å². The highest BCUT2D eigenvalue weighted by molar-refractivity contribution is 7.98. The zero-order valence-corrected chi connectivity index (χ0v) is 11.3. The fourth-order valence-corrected chi connectivity index (χ4v) is 2.55. The molecule has 1 aromatic carbocycles. The number of halogens is 3. The second-order valence-electron chi connectivity index (χ2n) is 3.59. The van der Waals surface area contributed by atoms with E-state index in [9.17, 15) is 18.0 Å². The van der Waals surface area contributed by atoms with Crippen molar-refractivity contribution in [1.29, 1.82) is 0 Å². The van der Waals surface area contributed by atoms with E-state index in [4.69, 9.17) is 0 Å². The fraction of sp³-hybridized carbons (Fsp3) is 0.167. The summed E-state index contributed by atoms with van der Waals surface area (Å²) in [6.45, 7) is 0. The summed E-state index contributed by atoms with van der Waals surface area (Å²) in [7, 11) is 0. The van der Waals surface area contributed by atoms with Crippen LogP contribution in [-0.2, 0) is 6.18 Å². The van der Waals surface area contributed by atoms with Gasteiger partial charge in [-0.1, -0.05) is 0 Å². The minimum absolute atomic E-state index is 0.00998. The molecule has 0 aliphatic carbocycles. The number of hydrogen-bond donors (Lipinski definition) is 0. The van der Waals surface area contributed by atoms with Crippen molar-refractivity contribution in [3.05, 3.63) is 45.9 Å². The Kier molecular flexibility index (Phi) is 3.96. The van der Waals surface area contributed by atoms with Crippen LogP contribution in [-0.4, -0.2) is 17.0 Å². The van der Waals surface area contributed by atoms with E-state index in [1.165, 1.54) is 11.8 Å². The lowest BCUT2D eigenvalue weighted by molar-refractivity contribution is -0.137. The monoisotopic (exact) mass is 303 g/mol. The minimum atomic E-state index is -4.51. The molecule has 100 valence electrons. The van der Waals surface area contributed by atoms with Crippen LogP contribution in [0.1, 0.15) is 20.2 Å². The van der Waals surface area contributed by atoms with E-state index in [-0.39, 0.29) is 4.88 Å². The molecule has 0 aliphatic heterocycles. The number of aromatic nitrogens is 1. The van der Waals surface area contributed by atoms with Gasteiger partial charge in [-0.15, -0.1) is 23.1 Å². The molecule has 0 radical (unpaired) electrons. The van der Waals surface area contributed by atoms with Gasteiger partial charge in [-0.3, -0.25) is 4.79 Å². The summed E-state index contributed by atoms with van der Waals surface area (Å²) in [5, 5.41) is -1.00. The second kappa shape index (κ2) is 5.34. The molecule has 0 saturated carbocycles. The lowest BCUT2D eigenvalue weighted by Gasteiger charge is -2.00. The quantitative estimate of drug-likeness (QED) is 0.631. The Bertz CT molecular complexity index is 590. The number of nitrogens with zero attached hydrogens (tertiary/aromatic N) is 1. The molecule has 0 spiro atoms. The van der Waals surface area contributed by atoms with Gasteiger partial charge in [0.1, 0.15) is 0 Å². The van der Waals surface area contributed by atoms with Gasteiger partial charge >= 0.3 is 6.18 Å². The van der Waals surface area contributed by atoms with Crippen molar-refractivity contribution in [2.24, 2.45) is 0 Å². The van der Waals surface area contributed by atoms with E-state index >= 15 is 0 Å². The first-order chi connectivity index (χ1) is 8.91. The Morgan fingerprint density at radius 3 is 2.37 bits per heavy atom. The smallest absolute Gasteiger partial charge is 0.288 e. The van der Waals surface area contributed by atoms with Crippen molar-refractivity contribution >= 4 is 28.9 Å². The molecule has 0 saturated heterocycles. The Hall–Kier alpha value is -1.34. The van der Waals surface area contributed by atoms with Crippen LogP contribution in [0.25, 0.3) is 0 Å². The number of rotatable bonds is 3. The molecule has 0 bridgehead atoms. The Balaban J connectivity index is 2.26. The van der Waals surface area contributed by atoms with Crippen molar-refractivity contribution < 1.29 is 18.0 Å². The fourth-order valence-electron chi connectivity index (χ4n) is 1.39. The molecule has 2 nitrogen and oxygen atoms in total. The van der Waals surface area contributed by atoms with Gasteiger partial charge in [0.15, 0.2) is 5.01 Å². The number of thiazole rings is 1. The zero-order valence-electron chi connectivity index (χ0n) is 9.69.